The van der Waals surface area contributed by atoms with Crippen LogP contribution < -0.4 is 0 Å². The van der Waals surface area contributed by atoms with Crippen molar-refractivity contribution in [2.24, 2.45) is 0 Å². The van der Waals surface area contributed by atoms with Crippen molar-refractivity contribution in [2.75, 3.05) is 26.2 Å². The molecule has 0 spiro atoms. The smallest absolute Gasteiger partial charge is 0.290 e. The SMILES string of the molecule is CC(=O)N1CCN(C(=O)c2oc3ccccc3c2CSC2CCCCC2)CC1. The second-order valence-electron chi connectivity index (χ2n) is 7.78. The minimum absolute atomic E-state index is 0.0429. The number of fused-ring (bicyclic) bond motifs is 1. The van der Waals surface area contributed by atoms with Gasteiger partial charge in [-0.25, -0.2) is 0 Å². The Balaban J connectivity index is 1.54. The van der Waals surface area contributed by atoms with E-state index in [0.717, 1.165) is 22.3 Å². The van der Waals surface area contributed by atoms with Crippen LogP contribution in [0.15, 0.2) is 28.7 Å². The molecule has 1 aliphatic heterocycles. The number of carbonyl (C=O) groups is 2. The molecule has 1 aromatic carbocycles. The zero-order valence-electron chi connectivity index (χ0n) is 16.5. The van der Waals surface area contributed by atoms with Crippen LogP contribution in [0.5, 0.6) is 0 Å². The van der Waals surface area contributed by atoms with Crippen molar-refractivity contribution in [1.82, 2.24) is 9.80 Å². The van der Waals surface area contributed by atoms with E-state index in [-0.39, 0.29) is 11.8 Å². The number of nitrogens with zero attached hydrogens (tertiary/aromatic N) is 2. The number of rotatable bonds is 4. The van der Waals surface area contributed by atoms with Crippen molar-refractivity contribution in [3.8, 4) is 0 Å². The van der Waals surface area contributed by atoms with E-state index in [9.17, 15) is 9.59 Å². The largest absolute Gasteiger partial charge is 0.451 e. The zero-order valence-corrected chi connectivity index (χ0v) is 17.3. The van der Waals surface area contributed by atoms with Gasteiger partial charge in [-0.2, -0.15) is 11.8 Å². The molecule has 0 bridgehead atoms. The number of thioether (sulfide) groups is 1. The summed E-state index contributed by atoms with van der Waals surface area (Å²) in [7, 11) is 0. The van der Waals surface area contributed by atoms with Crippen LogP contribution in [0.2, 0.25) is 0 Å². The predicted octanol–water partition coefficient (Wildman–Crippen LogP) is 4.30. The van der Waals surface area contributed by atoms with E-state index in [0.29, 0.717) is 37.2 Å². The van der Waals surface area contributed by atoms with Crippen LogP contribution in [0.3, 0.4) is 0 Å². The summed E-state index contributed by atoms with van der Waals surface area (Å²) >= 11 is 1.97. The van der Waals surface area contributed by atoms with Crippen LogP contribution in [0.25, 0.3) is 11.0 Å². The first-order valence-corrected chi connectivity index (χ1v) is 11.3. The Labute approximate surface area is 170 Å². The molecule has 2 heterocycles. The Morgan fingerprint density at radius 1 is 1.04 bits per heavy atom. The summed E-state index contributed by atoms with van der Waals surface area (Å²) in [4.78, 5) is 28.4. The van der Waals surface area contributed by atoms with Crippen LogP contribution in [-0.2, 0) is 10.5 Å². The Kier molecular flexibility index (Phi) is 5.95. The number of hydrogen-bond acceptors (Lipinski definition) is 4. The summed E-state index contributed by atoms with van der Waals surface area (Å²) in [5.74, 6) is 1.33. The molecule has 0 N–H and O–H groups in total. The van der Waals surface area contributed by atoms with E-state index in [4.69, 9.17) is 4.42 Å². The van der Waals surface area contributed by atoms with Gasteiger partial charge >= 0.3 is 0 Å². The lowest BCUT2D eigenvalue weighted by Crippen LogP contribution is -2.50. The first kappa shape index (κ1) is 19.4. The summed E-state index contributed by atoms with van der Waals surface area (Å²) in [6.45, 7) is 3.88. The molecule has 4 rings (SSSR count). The molecule has 0 unspecified atom stereocenters. The topological polar surface area (TPSA) is 53.8 Å². The summed E-state index contributed by atoms with van der Waals surface area (Å²) in [5.41, 5.74) is 1.82. The maximum absolute atomic E-state index is 13.2. The number of piperazine rings is 1. The van der Waals surface area contributed by atoms with E-state index < -0.39 is 0 Å². The Morgan fingerprint density at radius 2 is 1.71 bits per heavy atom. The van der Waals surface area contributed by atoms with Crippen LogP contribution >= 0.6 is 11.8 Å². The van der Waals surface area contributed by atoms with E-state index in [1.807, 2.05) is 34.9 Å². The highest BCUT2D eigenvalue weighted by Gasteiger charge is 2.29. The molecule has 2 aliphatic rings. The Bertz CT molecular complexity index is 849. The van der Waals surface area contributed by atoms with Crippen molar-refractivity contribution < 1.29 is 14.0 Å². The second kappa shape index (κ2) is 8.60. The molecule has 1 saturated carbocycles. The highest BCUT2D eigenvalue weighted by atomic mass is 32.2. The minimum atomic E-state index is -0.0429. The summed E-state index contributed by atoms with van der Waals surface area (Å²) < 4.78 is 6.04. The fourth-order valence-electron chi connectivity index (χ4n) is 4.22. The van der Waals surface area contributed by atoms with Gasteiger partial charge in [0.2, 0.25) is 5.91 Å². The Morgan fingerprint density at radius 3 is 2.43 bits per heavy atom. The molecular formula is C22H28N2O3S. The number of furan rings is 1. The first-order valence-electron chi connectivity index (χ1n) is 10.3. The molecule has 1 aromatic heterocycles. The molecule has 1 aliphatic carbocycles. The number of benzene rings is 1. The first-order chi connectivity index (χ1) is 13.6. The fraction of sp³-hybridized carbons (Fsp3) is 0.545. The molecule has 0 atom stereocenters. The van der Waals surface area contributed by atoms with Crippen LogP contribution in [0, 0.1) is 0 Å². The van der Waals surface area contributed by atoms with Gasteiger partial charge < -0.3 is 14.2 Å². The van der Waals surface area contributed by atoms with Crippen LogP contribution in [0.4, 0.5) is 0 Å². The third-order valence-corrected chi connectivity index (χ3v) is 7.32. The molecule has 6 heteroatoms. The van der Waals surface area contributed by atoms with Crippen molar-refractivity contribution in [3.05, 3.63) is 35.6 Å². The lowest BCUT2D eigenvalue weighted by atomic mass is 10.0. The predicted molar refractivity (Wildman–Crippen MR) is 113 cm³/mol. The van der Waals surface area contributed by atoms with Gasteiger partial charge in [-0.15, -0.1) is 0 Å². The van der Waals surface area contributed by atoms with Gasteiger partial charge in [-0.05, 0) is 18.9 Å². The van der Waals surface area contributed by atoms with E-state index in [1.54, 1.807) is 11.8 Å². The molecular weight excluding hydrogens is 372 g/mol. The maximum atomic E-state index is 13.2. The van der Waals surface area contributed by atoms with Gasteiger partial charge in [0.1, 0.15) is 5.58 Å². The Hall–Kier alpha value is -1.95. The van der Waals surface area contributed by atoms with Gasteiger partial charge in [-0.3, -0.25) is 9.59 Å². The average Bonchev–Trinajstić information content (AvgIpc) is 3.11. The number of amides is 2. The molecule has 2 aromatic rings. The average molecular weight is 401 g/mol. The molecule has 0 radical (unpaired) electrons. The van der Waals surface area contributed by atoms with Crippen molar-refractivity contribution in [1.29, 1.82) is 0 Å². The highest BCUT2D eigenvalue weighted by molar-refractivity contribution is 7.99. The van der Waals surface area contributed by atoms with Gasteiger partial charge in [0.25, 0.3) is 5.91 Å². The van der Waals surface area contributed by atoms with E-state index >= 15 is 0 Å². The van der Waals surface area contributed by atoms with E-state index in [1.165, 1.54) is 32.1 Å². The quantitative estimate of drug-likeness (QED) is 0.768. The second-order valence-corrected chi connectivity index (χ2v) is 9.06. The summed E-state index contributed by atoms with van der Waals surface area (Å²) in [6, 6.07) is 7.95. The van der Waals surface area contributed by atoms with Gasteiger partial charge in [0, 0.05) is 55.1 Å². The summed E-state index contributed by atoms with van der Waals surface area (Å²) in [6.07, 6.45) is 6.53. The normalized spacial score (nSPS) is 18.6. The number of hydrogen-bond donors (Lipinski definition) is 0. The molecule has 2 fully saturated rings. The zero-order chi connectivity index (χ0) is 19.5. The van der Waals surface area contributed by atoms with Gasteiger partial charge in [0.15, 0.2) is 5.76 Å². The van der Waals surface area contributed by atoms with E-state index in [2.05, 4.69) is 6.07 Å². The number of carbonyl (C=O) groups excluding carboxylic acids is 2. The molecule has 1 saturated heterocycles. The van der Waals surface area contributed by atoms with Crippen LogP contribution in [-0.4, -0.2) is 53.0 Å². The lowest BCUT2D eigenvalue weighted by Gasteiger charge is -2.33. The number of para-hydroxylation sites is 1. The lowest BCUT2D eigenvalue weighted by molar-refractivity contribution is -0.130. The molecule has 150 valence electrons. The highest BCUT2D eigenvalue weighted by Crippen LogP contribution is 2.35. The molecule has 28 heavy (non-hydrogen) atoms. The van der Waals surface area contributed by atoms with Crippen LogP contribution in [0.1, 0.15) is 55.1 Å². The maximum Gasteiger partial charge on any atom is 0.290 e. The monoisotopic (exact) mass is 400 g/mol. The van der Waals surface area contributed by atoms with Gasteiger partial charge in [0.05, 0.1) is 0 Å². The standard InChI is InChI=1S/C22H28N2O3S/c1-16(25)23-11-13-24(14-12-23)22(26)21-19(15-28-17-7-3-2-4-8-17)18-9-5-6-10-20(18)27-21/h5-6,9-10,17H,2-4,7-8,11-15H2,1H3. The van der Waals surface area contributed by atoms with Crippen molar-refractivity contribution in [2.45, 2.75) is 50.0 Å². The molecule has 5 nitrogen and oxygen atoms in total. The minimum Gasteiger partial charge on any atom is -0.451 e. The third kappa shape index (κ3) is 4.07. The summed E-state index contributed by atoms with van der Waals surface area (Å²) in [5, 5.41) is 1.74. The molecule has 2 amide bonds. The van der Waals surface area contributed by atoms with Crippen molar-refractivity contribution in [3.63, 3.8) is 0 Å². The third-order valence-electron chi connectivity index (χ3n) is 5.92. The van der Waals surface area contributed by atoms with Gasteiger partial charge in [-0.1, -0.05) is 37.5 Å². The fourth-order valence-corrected chi connectivity index (χ4v) is 5.57. The van der Waals surface area contributed by atoms with Crippen molar-refractivity contribution >= 4 is 34.5 Å².